The van der Waals surface area contributed by atoms with Gasteiger partial charge in [-0.25, -0.2) is 0 Å². The summed E-state index contributed by atoms with van der Waals surface area (Å²) in [6, 6.07) is 0. The van der Waals surface area contributed by atoms with Crippen LogP contribution in [0.1, 0.15) is 32.1 Å². The largest absolute Gasteiger partial charge is 0.264 e. The van der Waals surface area contributed by atoms with E-state index in [2.05, 4.69) is 23.0 Å². The summed E-state index contributed by atoms with van der Waals surface area (Å²) in [5, 5.41) is 0.743. The minimum atomic E-state index is 0.743. The summed E-state index contributed by atoms with van der Waals surface area (Å²) in [6.45, 7) is 1.18. The van der Waals surface area contributed by atoms with E-state index in [-0.39, 0.29) is 0 Å². The van der Waals surface area contributed by atoms with Crippen molar-refractivity contribution in [2.45, 2.75) is 37.4 Å². The highest BCUT2D eigenvalue weighted by molar-refractivity contribution is 7.98. The first-order chi connectivity index (χ1) is 6.47. The van der Waals surface area contributed by atoms with E-state index in [1.807, 2.05) is 11.9 Å². The first kappa shape index (κ1) is 9.35. The van der Waals surface area contributed by atoms with Crippen molar-refractivity contribution in [3.8, 4) is 0 Å². The Bertz CT molecular complexity index is 212. The third-order valence-electron chi connectivity index (χ3n) is 2.68. The number of nitrogens with one attached hydrogen (secondary N) is 1. The van der Waals surface area contributed by atoms with Crippen molar-refractivity contribution in [1.82, 2.24) is 4.72 Å². The molecule has 2 rings (SSSR count). The maximum atomic E-state index is 3.45. The quantitative estimate of drug-likeness (QED) is 0.645. The molecule has 0 amide bonds. The van der Waals surface area contributed by atoms with Crippen LogP contribution in [-0.2, 0) is 0 Å². The highest BCUT2D eigenvalue weighted by atomic mass is 32.2. The summed E-state index contributed by atoms with van der Waals surface area (Å²) < 4.78 is 3.45. The van der Waals surface area contributed by atoms with Crippen LogP contribution < -0.4 is 4.72 Å². The smallest absolute Gasteiger partial charge is 0.0405 e. The van der Waals surface area contributed by atoms with Gasteiger partial charge in [-0.15, -0.1) is 0 Å². The first-order valence-electron chi connectivity index (χ1n) is 5.21. The summed E-state index contributed by atoms with van der Waals surface area (Å²) in [7, 11) is 0. The van der Waals surface area contributed by atoms with E-state index < -0.39 is 0 Å². The molecule has 1 heterocycles. The van der Waals surface area contributed by atoms with Crippen molar-refractivity contribution in [1.29, 1.82) is 0 Å². The fourth-order valence-corrected chi connectivity index (χ4v) is 2.99. The van der Waals surface area contributed by atoms with Gasteiger partial charge in [-0.3, -0.25) is 4.72 Å². The maximum Gasteiger partial charge on any atom is 0.0405 e. The number of rotatable bonds is 1. The molecule has 2 aliphatic rings. The molecule has 0 saturated carbocycles. The lowest BCUT2D eigenvalue weighted by molar-refractivity contribution is 0.691. The van der Waals surface area contributed by atoms with Crippen LogP contribution in [0, 0.1) is 0 Å². The van der Waals surface area contributed by atoms with E-state index in [9.17, 15) is 0 Å². The van der Waals surface area contributed by atoms with Gasteiger partial charge < -0.3 is 0 Å². The van der Waals surface area contributed by atoms with E-state index in [1.165, 1.54) is 38.6 Å². The molecule has 1 fully saturated rings. The van der Waals surface area contributed by atoms with Gasteiger partial charge in [0.05, 0.1) is 0 Å². The molecular weight excluding hydrogens is 178 g/mol. The Morgan fingerprint density at radius 1 is 1.38 bits per heavy atom. The van der Waals surface area contributed by atoms with Gasteiger partial charge in [0.25, 0.3) is 0 Å². The molecule has 1 atom stereocenters. The fraction of sp³-hybridized carbons (Fsp3) is 0.636. The summed E-state index contributed by atoms with van der Waals surface area (Å²) in [4.78, 5) is 0. The maximum absolute atomic E-state index is 3.45. The van der Waals surface area contributed by atoms with Crippen LogP contribution in [0.2, 0.25) is 0 Å². The molecule has 0 aromatic rings. The summed E-state index contributed by atoms with van der Waals surface area (Å²) in [5.74, 6) is 0. The number of hydrogen-bond donors (Lipinski definition) is 1. The van der Waals surface area contributed by atoms with Crippen molar-refractivity contribution in [2.24, 2.45) is 0 Å². The average molecular weight is 195 g/mol. The van der Waals surface area contributed by atoms with Gasteiger partial charge in [-0.05, 0) is 25.7 Å². The van der Waals surface area contributed by atoms with Gasteiger partial charge in [0.2, 0.25) is 0 Å². The predicted molar refractivity (Wildman–Crippen MR) is 59.7 cm³/mol. The van der Waals surface area contributed by atoms with Crippen molar-refractivity contribution in [3.63, 3.8) is 0 Å². The molecule has 0 bridgehead atoms. The third-order valence-corrected chi connectivity index (χ3v) is 3.87. The highest BCUT2D eigenvalue weighted by Gasteiger charge is 2.17. The fourth-order valence-electron chi connectivity index (χ4n) is 1.90. The molecular formula is C11H17NS. The third kappa shape index (κ3) is 2.61. The minimum Gasteiger partial charge on any atom is -0.264 e. The summed E-state index contributed by atoms with van der Waals surface area (Å²) >= 11 is 1.94. The van der Waals surface area contributed by atoms with Crippen molar-refractivity contribution in [2.75, 3.05) is 6.54 Å². The van der Waals surface area contributed by atoms with Crippen LogP contribution in [0.5, 0.6) is 0 Å². The zero-order chi connectivity index (χ0) is 8.93. The van der Waals surface area contributed by atoms with E-state index in [1.54, 1.807) is 5.57 Å². The van der Waals surface area contributed by atoms with Crippen LogP contribution >= 0.6 is 11.9 Å². The highest BCUT2D eigenvalue weighted by Crippen LogP contribution is 2.29. The van der Waals surface area contributed by atoms with Gasteiger partial charge in [-0.2, -0.15) is 0 Å². The molecule has 0 aromatic carbocycles. The van der Waals surface area contributed by atoms with Crippen LogP contribution in [0.4, 0.5) is 0 Å². The zero-order valence-corrected chi connectivity index (χ0v) is 8.78. The minimum absolute atomic E-state index is 0.743. The Labute approximate surface area is 84.8 Å². The number of hydrogen-bond acceptors (Lipinski definition) is 2. The monoisotopic (exact) mass is 195 g/mol. The topological polar surface area (TPSA) is 12.0 Å². The van der Waals surface area contributed by atoms with Gasteiger partial charge in [0, 0.05) is 11.8 Å². The number of allylic oxidation sites excluding steroid dienone is 3. The summed E-state index contributed by atoms with van der Waals surface area (Å²) in [5.41, 5.74) is 1.64. The second kappa shape index (κ2) is 4.87. The molecule has 2 heteroatoms. The van der Waals surface area contributed by atoms with E-state index in [4.69, 9.17) is 0 Å². The molecule has 1 nitrogen and oxygen atoms in total. The lowest BCUT2D eigenvalue weighted by Crippen LogP contribution is -2.12. The van der Waals surface area contributed by atoms with Crippen LogP contribution in [-0.4, -0.2) is 11.8 Å². The van der Waals surface area contributed by atoms with Crippen LogP contribution in [0.25, 0.3) is 0 Å². The normalized spacial score (nSPS) is 29.5. The molecule has 1 aliphatic carbocycles. The molecule has 1 unspecified atom stereocenters. The van der Waals surface area contributed by atoms with Crippen molar-refractivity contribution >= 4 is 11.9 Å². The Morgan fingerprint density at radius 3 is 3.23 bits per heavy atom. The van der Waals surface area contributed by atoms with E-state index in [0.29, 0.717) is 0 Å². The van der Waals surface area contributed by atoms with E-state index in [0.717, 1.165) is 5.25 Å². The average Bonchev–Trinajstić information content (AvgIpc) is 2.47. The van der Waals surface area contributed by atoms with Gasteiger partial charge >= 0.3 is 0 Å². The molecule has 0 aromatic heterocycles. The van der Waals surface area contributed by atoms with Crippen LogP contribution in [0.3, 0.4) is 0 Å². The Kier molecular flexibility index (Phi) is 3.50. The van der Waals surface area contributed by atoms with Gasteiger partial charge in [0.1, 0.15) is 0 Å². The van der Waals surface area contributed by atoms with Crippen molar-refractivity contribution < 1.29 is 0 Å². The molecule has 72 valence electrons. The Morgan fingerprint density at radius 2 is 2.38 bits per heavy atom. The lowest BCUT2D eigenvalue weighted by atomic mass is 9.98. The second-order valence-electron chi connectivity index (χ2n) is 3.71. The van der Waals surface area contributed by atoms with Crippen LogP contribution in [0.15, 0.2) is 23.8 Å². The SMILES string of the molecule is C1=CCCC(C2CCCCNS2)=C1. The molecule has 1 aliphatic heterocycles. The second-order valence-corrected chi connectivity index (χ2v) is 4.80. The molecule has 0 radical (unpaired) electrons. The molecule has 1 N–H and O–H groups in total. The zero-order valence-electron chi connectivity index (χ0n) is 7.96. The summed E-state index contributed by atoms with van der Waals surface area (Å²) in [6.07, 6.45) is 13.4. The van der Waals surface area contributed by atoms with Gasteiger partial charge in [-0.1, -0.05) is 42.2 Å². The Balaban J connectivity index is 1.97. The first-order valence-corrected chi connectivity index (χ1v) is 6.09. The molecule has 13 heavy (non-hydrogen) atoms. The molecule has 1 saturated heterocycles. The van der Waals surface area contributed by atoms with E-state index >= 15 is 0 Å². The Hall–Kier alpha value is -0.210. The predicted octanol–water partition coefficient (Wildman–Crippen LogP) is 3.05. The standard InChI is InChI=1S/C11H17NS/c1-2-6-10(7-3-1)11-8-4-5-9-12-13-11/h1-2,6,11-12H,3-5,7-9H2. The lowest BCUT2D eigenvalue weighted by Gasteiger charge is -2.18. The molecule has 0 spiro atoms. The van der Waals surface area contributed by atoms with Gasteiger partial charge in [0.15, 0.2) is 0 Å². The van der Waals surface area contributed by atoms with Crippen molar-refractivity contribution in [3.05, 3.63) is 23.8 Å².